The Morgan fingerprint density at radius 2 is 1.72 bits per heavy atom. The fourth-order valence-corrected chi connectivity index (χ4v) is 3.12. The third kappa shape index (κ3) is 5.19. The van der Waals surface area contributed by atoms with Crippen molar-refractivity contribution in [1.29, 1.82) is 0 Å². The first-order valence-corrected chi connectivity index (χ1v) is 9.00. The summed E-state index contributed by atoms with van der Waals surface area (Å²) in [6.45, 7) is 1.71. The molecular formula is C16H20NO7P. The number of benzene rings is 2. The number of phenolic OH excluding ortho intramolecular Hbond substituents is 2. The van der Waals surface area contributed by atoms with Crippen LogP contribution in [0.25, 0.3) is 0 Å². The predicted octanol–water partition coefficient (Wildman–Crippen LogP) is 1.93. The number of hydrogen-bond acceptors (Lipinski definition) is 5. The maximum absolute atomic E-state index is 11.2. The maximum Gasteiger partial charge on any atom is 0.427 e. The third-order valence-electron chi connectivity index (χ3n) is 3.73. The van der Waals surface area contributed by atoms with E-state index in [2.05, 4.69) is 0 Å². The van der Waals surface area contributed by atoms with E-state index in [9.17, 15) is 25.0 Å². The third-order valence-corrected chi connectivity index (χ3v) is 4.26. The molecule has 0 saturated heterocycles. The molecule has 0 aliphatic rings. The van der Waals surface area contributed by atoms with Crippen LogP contribution in [-0.2, 0) is 10.4 Å². The number of anilines is 1. The van der Waals surface area contributed by atoms with E-state index in [4.69, 9.17) is 9.79 Å². The van der Waals surface area contributed by atoms with E-state index in [1.54, 1.807) is 19.1 Å². The molecule has 0 saturated carbocycles. The first-order valence-electron chi connectivity index (χ1n) is 7.39. The van der Waals surface area contributed by atoms with Crippen LogP contribution in [0.4, 0.5) is 5.69 Å². The second-order valence-corrected chi connectivity index (χ2v) is 7.21. The lowest BCUT2D eigenvalue weighted by Crippen LogP contribution is -2.28. The van der Waals surface area contributed by atoms with Crippen LogP contribution in [0, 0.1) is 0 Å². The summed E-state index contributed by atoms with van der Waals surface area (Å²) in [6.07, 6.45) is -0.211. The quantitative estimate of drug-likeness (QED) is 0.301. The largest absolute Gasteiger partial charge is 0.508 e. The molecule has 9 heteroatoms. The van der Waals surface area contributed by atoms with Crippen molar-refractivity contribution >= 4 is 13.4 Å². The Balaban J connectivity index is 2.34. The lowest BCUT2D eigenvalue weighted by atomic mass is 9.89. The zero-order valence-corrected chi connectivity index (χ0v) is 14.3. The van der Waals surface area contributed by atoms with E-state index >= 15 is 0 Å². The Morgan fingerprint density at radius 3 is 2.32 bits per heavy atom. The molecule has 2 rings (SSSR count). The van der Waals surface area contributed by atoms with Gasteiger partial charge in [-0.3, -0.25) is 5.09 Å². The molecule has 0 fully saturated rings. The SMILES string of the molecule is CC(CC(O)(O)c1ccc(O)cc1NP(=O)(O)O)c1cccc(O)c1. The van der Waals surface area contributed by atoms with Gasteiger partial charge in [-0.1, -0.05) is 19.1 Å². The topological polar surface area (TPSA) is 150 Å². The molecule has 136 valence electrons. The molecule has 0 radical (unpaired) electrons. The van der Waals surface area contributed by atoms with E-state index in [1.165, 1.54) is 24.3 Å². The average Bonchev–Trinajstić information content (AvgIpc) is 2.44. The highest BCUT2D eigenvalue weighted by molar-refractivity contribution is 7.53. The maximum atomic E-state index is 11.2. The smallest absolute Gasteiger partial charge is 0.427 e. The molecule has 2 aromatic rings. The van der Waals surface area contributed by atoms with Crippen molar-refractivity contribution < 1.29 is 34.8 Å². The first-order chi connectivity index (χ1) is 11.5. The monoisotopic (exact) mass is 369 g/mol. The molecule has 0 aliphatic carbocycles. The minimum Gasteiger partial charge on any atom is -0.508 e. The van der Waals surface area contributed by atoms with Crippen LogP contribution >= 0.6 is 7.75 Å². The van der Waals surface area contributed by atoms with Crippen LogP contribution < -0.4 is 5.09 Å². The fraction of sp³-hybridized carbons (Fsp3) is 0.250. The molecule has 2 aromatic carbocycles. The zero-order chi connectivity index (χ0) is 18.8. The van der Waals surface area contributed by atoms with Crippen molar-refractivity contribution in [1.82, 2.24) is 0 Å². The highest BCUT2D eigenvalue weighted by Crippen LogP contribution is 2.42. The lowest BCUT2D eigenvalue weighted by Gasteiger charge is -2.28. The van der Waals surface area contributed by atoms with Crippen molar-refractivity contribution in [2.24, 2.45) is 0 Å². The summed E-state index contributed by atoms with van der Waals surface area (Å²) in [4.78, 5) is 18.1. The summed E-state index contributed by atoms with van der Waals surface area (Å²) >= 11 is 0. The van der Waals surface area contributed by atoms with Crippen molar-refractivity contribution in [2.45, 2.75) is 25.0 Å². The number of aromatic hydroxyl groups is 2. The van der Waals surface area contributed by atoms with E-state index in [-0.39, 0.29) is 35.1 Å². The van der Waals surface area contributed by atoms with Gasteiger partial charge >= 0.3 is 7.75 Å². The molecule has 0 aromatic heterocycles. The summed E-state index contributed by atoms with van der Waals surface area (Å²) in [5.41, 5.74) is 0.179. The van der Waals surface area contributed by atoms with Crippen molar-refractivity contribution in [2.75, 3.05) is 5.09 Å². The molecule has 7 N–H and O–H groups in total. The Hall–Kier alpha value is -2.09. The minimum absolute atomic E-state index is 0.0410. The second-order valence-electron chi connectivity index (χ2n) is 5.90. The molecule has 0 bridgehead atoms. The molecule has 0 heterocycles. The van der Waals surface area contributed by atoms with Crippen molar-refractivity contribution in [3.8, 4) is 11.5 Å². The number of nitrogens with one attached hydrogen (secondary N) is 1. The molecule has 0 amide bonds. The summed E-state index contributed by atoms with van der Waals surface area (Å²) in [7, 11) is -4.72. The van der Waals surface area contributed by atoms with Gasteiger partial charge in [0.05, 0.1) is 5.69 Å². The van der Waals surface area contributed by atoms with Gasteiger partial charge in [-0.25, -0.2) is 4.57 Å². The van der Waals surface area contributed by atoms with E-state index in [0.29, 0.717) is 5.56 Å². The van der Waals surface area contributed by atoms with Gasteiger partial charge in [0.15, 0.2) is 5.79 Å². The predicted molar refractivity (Wildman–Crippen MR) is 91.0 cm³/mol. The van der Waals surface area contributed by atoms with Crippen LogP contribution in [0.5, 0.6) is 11.5 Å². The van der Waals surface area contributed by atoms with Crippen molar-refractivity contribution in [3.05, 3.63) is 53.6 Å². The fourth-order valence-electron chi connectivity index (χ4n) is 2.62. The Kier molecular flexibility index (Phi) is 5.41. The van der Waals surface area contributed by atoms with Crippen LogP contribution in [-0.4, -0.2) is 30.2 Å². The minimum atomic E-state index is -4.72. The molecule has 1 atom stereocenters. The van der Waals surface area contributed by atoms with Crippen LogP contribution in [0.2, 0.25) is 0 Å². The van der Waals surface area contributed by atoms with E-state index < -0.39 is 13.5 Å². The number of phenols is 2. The highest BCUT2D eigenvalue weighted by Gasteiger charge is 2.33. The van der Waals surface area contributed by atoms with Crippen LogP contribution in [0.15, 0.2) is 42.5 Å². The van der Waals surface area contributed by atoms with Crippen LogP contribution in [0.3, 0.4) is 0 Å². The zero-order valence-electron chi connectivity index (χ0n) is 13.4. The number of aliphatic hydroxyl groups is 2. The van der Waals surface area contributed by atoms with Gasteiger partial charge in [-0.15, -0.1) is 0 Å². The summed E-state index contributed by atoms with van der Waals surface area (Å²) < 4.78 is 11.2. The normalized spacial score (nSPS) is 13.5. The van der Waals surface area contributed by atoms with Crippen LogP contribution in [0.1, 0.15) is 30.4 Å². The van der Waals surface area contributed by atoms with Gasteiger partial charge in [0, 0.05) is 18.1 Å². The molecule has 8 nitrogen and oxygen atoms in total. The average molecular weight is 369 g/mol. The molecule has 25 heavy (non-hydrogen) atoms. The molecule has 0 spiro atoms. The van der Waals surface area contributed by atoms with E-state index in [1.807, 2.05) is 5.09 Å². The Labute approximate surface area is 144 Å². The molecule has 0 aliphatic heterocycles. The van der Waals surface area contributed by atoms with Gasteiger partial charge in [0.25, 0.3) is 0 Å². The van der Waals surface area contributed by atoms with Gasteiger partial charge in [-0.05, 0) is 35.7 Å². The summed E-state index contributed by atoms with van der Waals surface area (Å²) in [6, 6.07) is 9.66. The Morgan fingerprint density at radius 1 is 1.08 bits per heavy atom. The van der Waals surface area contributed by atoms with E-state index in [0.717, 1.165) is 6.07 Å². The number of hydrogen-bond donors (Lipinski definition) is 7. The Bertz CT molecular complexity index is 803. The van der Waals surface area contributed by atoms with Gasteiger partial charge in [-0.2, -0.15) is 0 Å². The second kappa shape index (κ2) is 7.03. The number of rotatable bonds is 6. The lowest BCUT2D eigenvalue weighted by molar-refractivity contribution is -0.176. The molecule has 1 unspecified atom stereocenters. The summed E-state index contributed by atoms with van der Waals surface area (Å²) in [5.74, 6) is -3.08. The highest BCUT2D eigenvalue weighted by atomic mass is 31.2. The molecular weight excluding hydrogens is 349 g/mol. The van der Waals surface area contributed by atoms with Gasteiger partial charge in [0.2, 0.25) is 0 Å². The van der Waals surface area contributed by atoms with Gasteiger partial charge < -0.3 is 30.2 Å². The van der Waals surface area contributed by atoms with Crippen molar-refractivity contribution in [3.63, 3.8) is 0 Å². The first kappa shape index (κ1) is 19.2. The standard InChI is InChI=1S/C16H20NO7P/c1-10(11-3-2-4-12(18)7-11)9-16(20,21)14-6-5-13(19)8-15(14)17-25(22,23)24/h2-8,10,18-21H,9H2,1H3,(H3,17,22,23,24). The summed E-state index contributed by atoms with van der Waals surface area (Å²) in [5, 5.41) is 41.8. The van der Waals surface area contributed by atoms with Gasteiger partial charge in [0.1, 0.15) is 11.5 Å².